The fraction of sp³-hybridized carbons (Fsp3) is 0. The number of hydrogen-bond donors (Lipinski definition) is 0. The molecule has 9 heterocycles. The Morgan fingerprint density at radius 1 is 0.187 bits per heavy atom. The molecule has 0 saturated carbocycles. The van der Waals surface area contributed by atoms with E-state index < -0.39 is 0 Å². The number of benzene rings is 16. The van der Waals surface area contributed by atoms with Gasteiger partial charge in [0.1, 0.15) is 34.0 Å². The van der Waals surface area contributed by atoms with Gasteiger partial charge in [-0.3, -0.25) is 9.97 Å². The third kappa shape index (κ3) is 13.0. The van der Waals surface area contributed by atoms with Gasteiger partial charge in [-0.1, -0.05) is 291 Å². The summed E-state index contributed by atoms with van der Waals surface area (Å²) in [6.07, 6.45) is 5.59. The fourth-order valence-corrected chi connectivity index (χ4v) is 17.8. The van der Waals surface area contributed by atoms with Gasteiger partial charge in [0, 0.05) is 95.1 Å². The molecule has 0 saturated heterocycles. The van der Waals surface area contributed by atoms with Crippen LogP contribution in [0.3, 0.4) is 0 Å². The summed E-state index contributed by atoms with van der Waals surface area (Å²) in [5, 5.41) is 12.4. The second-order valence-corrected chi connectivity index (χ2v) is 31.0. The molecule has 16 aromatic carbocycles. The normalized spacial score (nSPS) is 11.6. The van der Waals surface area contributed by atoms with Crippen LogP contribution < -0.4 is 0 Å². The number of para-hydroxylation sites is 7. The minimum atomic E-state index is 0.829. The van der Waals surface area contributed by atoms with Crippen LogP contribution >= 0.6 is 0 Å². The highest BCUT2D eigenvalue weighted by molar-refractivity contribution is 6.15. The van der Waals surface area contributed by atoms with Crippen LogP contribution in [0.25, 0.3) is 244 Å². The minimum Gasteiger partial charge on any atom is -0.455 e. The van der Waals surface area contributed by atoms with Gasteiger partial charge >= 0.3 is 0 Å². The van der Waals surface area contributed by atoms with E-state index in [1.807, 2.05) is 122 Å². The summed E-state index contributed by atoms with van der Waals surface area (Å²) in [4.78, 5) is 29.1. The van der Waals surface area contributed by atoms with Crippen molar-refractivity contribution in [3.05, 3.63) is 425 Å². The van der Waals surface area contributed by atoms with Crippen LogP contribution in [-0.2, 0) is 0 Å². The fourth-order valence-electron chi connectivity index (χ4n) is 17.8. The zero-order chi connectivity index (χ0) is 81.3. The van der Waals surface area contributed by atoms with E-state index in [2.05, 4.69) is 313 Å². The number of rotatable bonds is 10. The van der Waals surface area contributed by atoms with Crippen LogP contribution in [0.2, 0.25) is 0 Å². The molecule has 0 bridgehead atoms. The van der Waals surface area contributed by atoms with Crippen LogP contribution in [0, 0.1) is 0 Å². The zero-order valence-electron chi connectivity index (χ0n) is 66.3. The Labute approximate surface area is 707 Å². The third-order valence-corrected chi connectivity index (χ3v) is 23.7. The van der Waals surface area contributed by atoms with Gasteiger partial charge in [0.15, 0.2) is 0 Å². The predicted molar refractivity (Wildman–Crippen MR) is 505 cm³/mol. The van der Waals surface area contributed by atoms with Gasteiger partial charge in [0.25, 0.3) is 0 Å². The minimum absolute atomic E-state index is 0.829. The summed E-state index contributed by atoms with van der Waals surface area (Å²) < 4.78 is 19.7. The van der Waals surface area contributed by atoms with Crippen LogP contribution in [0.5, 0.6) is 0 Å². The summed E-state index contributed by atoms with van der Waals surface area (Å²) in [5.41, 5.74) is 31.2. The molecule has 0 amide bonds. The van der Waals surface area contributed by atoms with Gasteiger partial charge in [0.05, 0.1) is 67.2 Å². The molecule has 0 aliphatic carbocycles. The lowest BCUT2D eigenvalue weighted by Crippen LogP contribution is -1.91. The predicted octanol–water partition coefficient (Wildman–Crippen LogP) is 30.6. The topological polar surface area (TPSA) is 117 Å². The van der Waals surface area contributed by atoms with Crippen molar-refractivity contribution in [3.8, 4) is 146 Å². The van der Waals surface area contributed by atoms with Crippen molar-refractivity contribution in [3.63, 3.8) is 0 Å². The lowest BCUT2D eigenvalue weighted by atomic mass is 9.91. The molecule has 0 atom stereocenters. The Hall–Kier alpha value is -16.6. The van der Waals surface area contributed by atoms with E-state index in [0.717, 1.165) is 206 Å². The van der Waals surface area contributed by atoms with Crippen LogP contribution in [-0.4, -0.2) is 29.9 Å². The molecule has 574 valence electrons. The Morgan fingerprint density at radius 2 is 0.537 bits per heavy atom. The van der Waals surface area contributed by atoms with Crippen molar-refractivity contribution in [2.75, 3.05) is 0 Å². The van der Waals surface area contributed by atoms with Crippen molar-refractivity contribution in [1.29, 1.82) is 0 Å². The number of fused-ring (bicyclic) bond motifs is 19. The van der Waals surface area contributed by atoms with E-state index >= 15 is 0 Å². The van der Waals surface area contributed by atoms with Crippen LogP contribution in [0.4, 0.5) is 0 Å². The van der Waals surface area contributed by atoms with Gasteiger partial charge in [-0.05, 0) is 181 Å². The molecule has 6 aliphatic heterocycles. The largest absolute Gasteiger partial charge is 0.455 e. The van der Waals surface area contributed by atoms with Crippen LogP contribution in [0.1, 0.15) is 0 Å². The van der Waals surface area contributed by atoms with E-state index in [1.165, 1.54) is 38.2 Å². The van der Waals surface area contributed by atoms with Gasteiger partial charge in [-0.25, -0.2) is 19.9 Å². The average molecular weight is 1570 g/mol. The first kappa shape index (κ1) is 71.7. The Balaban J connectivity index is 0.000000107. The van der Waals surface area contributed by atoms with Gasteiger partial charge < -0.3 is 13.3 Å². The molecule has 9 heteroatoms. The second kappa shape index (κ2) is 30.4. The molecule has 0 unspecified atom stereocenters. The summed E-state index contributed by atoms with van der Waals surface area (Å²) >= 11 is 0. The maximum atomic E-state index is 6.62. The summed E-state index contributed by atoms with van der Waals surface area (Å²) in [5.74, 6) is 2.51. The monoisotopic (exact) mass is 1570 g/mol. The molecule has 0 N–H and O–H groups in total. The van der Waals surface area contributed by atoms with E-state index in [0.29, 0.717) is 0 Å². The highest BCUT2D eigenvalue weighted by atomic mass is 16.3. The highest BCUT2D eigenvalue weighted by Gasteiger charge is 2.28. The molecule has 6 aliphatic rings. The van der Waals surface area contributed by atoms with Crippen LogP contribution in [0.15, 0.2) is 438 Å². The number of pyridine rings is 3. The quantitative estimate of drug-likeness (QED) is 0.123. The van der Waals surface area contributed by atoms with Crippen molar-refractivity contribution < 1.29 is 13.3 Å². The average Bonchev–Trinajstić information content (AvgIpc) is 1.61. The smallest absolute Gasteiger partial charge is 0.144 e. The van der Waals surface area contributed by atoms with E-state index in [9.17, 15) is 0 Å². The lowest BCUT2D eigenvalue weighted by molar-refractivity contribution is 0.621. The van der Waals surface area contributed by atoms with Crippen molar-refractivity contribution in [1.82, 2.24) is 29.9 Å². The van der Waals surface area contributed by atoms with E-state index in [4.69, 9.17) is 33.2 Å². The molecule has 0 fully saturated rings. The number of nitrogens with zero attached hydrogens (tertiary/aromatic N) is 6. The lowest BCUT2D eigenvalue weighted by Gasteiger charge is -2.14. The first-order valence-corrected chi connectivity index (χ1v) is 41.3. The maximum absolute atomic E-state index is 6.62. The second-order valence-electron chi connectivity index (χ2n) is 31.0. The zero-order valence-corrected chi connectivity index (χ0v) is 66.3. The molecule has 0 radical (unpaired) electrons. The van der Waals surface area contributed by atoms with Gasteiger partial charge in [-0.2, -0.15) is 0 Å². The summed E-state index contributed by atoms with van der Waals surface area (Å²) in [7, 11) is 0. The van der Waals surface area contributed by atoms with Gasteiger partial charge in [-0.15, -0.1) is 0 Å². The SMILES string of the molecule is c1ccc(-c2cc(-c3ccc(-c4oc5ccccc5c5nc6ccccc6c4-5)cc3)cc(-c3ccccn3)c2)cc1.c1ccc2c3c(-c4ccc(-c5nc6ccccc6c6ccccc56)cc4)oc4ccccc4c-3nc2c1.c1cncc(-c2cc(-c3ccc(-c4oc5ccccc5c5nc6ccccc6c4-5)cc3)cc(-c3cccc4ccccc34)c2)c1. The Kier molecular flexibility index (Phi) is 17.7. The molecule has 0 spiro atoms. The molecule has 19 aromatic rings. The Bertz CT molecular complexity index is 8160. The summed E-state index contributed by atoms with van der Waals surface area (Å²) in [6, 6.07) is 141. The number of hydrogen-bond acceptors (Lipinski definition) is 9. The summed E-state index contributed by atoms with van der Waals surface area (Å²) in [6.45, 7) is 0. The highest BCUT2D eigenvalue weighted by Crippen LogP contribution is 2.49. The molecular formula is C114H70N6O3. The maximum Gasteiger partial charge on any atom is 0.144 e. The first-order chi connectivity index (χ1) is 61.0. The molecule has 3 aromatic heterocycles. The van der Waals surface area contributed by atoms with Crippen molar-refractivity contribution in [2.24, 2.45) is 0 Å². The van der Waals surface area contributed by atoms with E-state index in [-0.39, 0.29) is 0 Å². The first-order valence-electron chi connectivity index (χ1n) is 41.3. The van der Waals surface area contributed by atoms with Crippen molar-refractivity contribution in [2.45, 2.75) is 0 Å². The Morgan fingerprint density at radius 3 is 1.02 bits per heavy atom. The third-order valence-electron chi connectivity index (χ3n) is 23.7. The van der Waals surface area contributed by atoms with E-state index in [1.54, 1.807) is 0 Å². The van der Waals surface area contributed by atoms with Gasteiger partial charge in [0.2, 0.25) is 0 Å². The standard InChI is InChI=1S/C42H26N2O.C38H24N2O.C34H20N2O/c1-2-12-34-28(9-1)10-7-15-35(34)33-24-31(23-32(25-33)30-11-8-22-43-26-30)27-18-20-29(21-19-27)42-40-36-13-3-5-16-38(36)44-41(40)37-14-4-6-17-39(37)45-42;1-2-10-25(11-3-1)28-22-29(24-30(23-28)33-14-8-9-21-39-33)26-17-19-27(20-18-26)38-36-31-12-4-6-15-34(31)40-37(36)32-13-5-7-16-35(32)41-38;1-2-11-25-23(9-1)24-10-3-6-14-28(24)35-32(25)21-17-19-22(20-18-21)34-31-26-12-4-7-15-29(26)36-33(31)27-13-5-8-16-30(27)37-34/h1-26H;1-24H;1-20H. The molecule has 9 nitrogen and oxygen atoms in total. The molecular weight excluding hydrogens is 1500 g/mol. The molecule has 123 heavy (non-hydrogen) atoms. The van der Waals surface area contributed by atoms with Crippen molar-refractivity contribution >= 4 is 98.1 Å². The number of aromatic nitrogens is 6. The molecule has 25 rings (SSSR count).